The van der Waals surface area contributed by atoms with Gasteiger partial charge in [0.25, 0.3) is 5.88 Å². The van der Waals surface area contributed by atoms with Gasteiger partial charge >= 0.3 is 0 Å². The molecule has 1 aromatic carbocycles. The first-order chi connectivity index (χ1) is 9.56. The highest BCUT2D eigenvalue weighted by Crippen LogP contribution is 2.03. The molecule has 2 atom stereocenters. The van der Waals surface area contributed by atoms with E-state index in [1.54, 1.807) is 20.3 Å². The standard InChI is InChI=1S/C14H20N4O2.ClH/c1-11(9-12-7-5-4-6-8-12)18-10-13(20-16-18)15-14(19)17(2)3;/h4-8,10-11,16H,9H2,1-3H3,(H,15,19);1H. The van der Waals surface area contributed by atoms with Crippen molar-refractivity contribution in [2.24, 2.45) is 4.99 Å². The van der Waals surface area contributed by atoms with Crippen LogP contribution in [-0.4, -0.2) is 31.1 Å². The smallest absolute Gasteiger partial charge is 0.300 e. The van der Waals surface area contributed by atoms with E-state index in [1.807, 2.05) is 18.2 Å². The zero-order valence-electron chi connectivity index (χ0n) is 12.4. The monoisotopic (exact) mass is 312 g/mol. The van der Waals surface area contributed by atoms with Gasteiger partial charge in [0.05, 0.1) is 6.02 Å². The summed E-state index contributed by atoms with van der Waals surface area (Å²) in [7, 11) is 3.30. The number of nitrogens with one attached hydrogen (secondary N) is 2. The highest BCUT2D eigenvalue weighted by molar-refractivity contribution is 5.85. The van der Waals surface area contributed by atoms with Crippen LogP contribution in [-0.2, 0) is 11.3 Å². The first kappa shape index (κ1) is 17.3. The minimum absolute atomic E-state index is 0. The summed E-state index contributed by atoms with van der Waals surface area (Å²) >= 11 is 0. The van der Waals surface area contributed by atoms with E-state index < -0.39 is 0 Å². The van der Waals surface area contributed by atoms with Crippen molar-refractivity contribution in [1.29, 1.82) is 0 Å². The van der Waals surface area contributed by atoms with Crippen molar-refractivity contribution >= 4 is 18.4 Å². The lowest BCUT2D eigenvalue weighted by Gasteiger charge is -2.18. The van der Waals surface area contributed by atoms with Crippen LogP contribution in [0.1, 0.15) is 12.5 Å². The molecule has 1 aliphatic heterocycles. The minimum atomic E-state index is -0.338. The molecule has 0 saturated carbocycles. The Hall–Kier alpha value is -1.76. The van der Waals surface area contributed by atoms with Gasteiger partial charge in [-0.25, -0.2) is 4.99 Å². The van der Waals surface area contributed by atoms with E-state index in [4.69, 9.17) is 4.84 Å². The second-order valence-electron chi connectivity index (χ2n) is 5.02. The topological polar surface area (TPSA) is 64.4 Å². The maximum absolute atomic E-state index is 11.5. The van der Waals surface area contributed by atoms with Gasteiger partial charge in [-0.1, -0.05) is 30.3 Å². The van der Waals surface area contributed by atoms with Crippen molar-refractivity contribution in [1.82, 2.24) is 10.5 Å². The highest BCUT2D eigenvalue weighted by atomic mass is 35.5. The third-order valence-corrected chi connectivity index (χ3v) is 3.06. The molecule has 0 bridgehead atoms. The van der Waals surface area contributed by atoms with E-state index >= 15 is 0 Å². The Balaban J connectivity index is 0.00000220. The number of amidine groups is 1. The van der Waals surface area contributed by atoms with Crippen LogP contribution in [0.3, 0.4) is 0 Å². The maximum Gasteiger partial charge on any atom is 0.300 e. The van der Waals surface area contributed by atoms with Gasteiger partial charge < -0.3 is 14.8 Å². The third kappa shape index (κ3) is 4.93. The molecule has 2 unspecified atom stereocenters. The molecule has 116 valence electrons. The lowest BCUT2D eigenvalue weighted by atomic mass is 10.1. The van der Waals surface area contributed by atoms with Crippen molar-refractivity contribution in [3.8, 4) is 0 Å². The van der Waals surface area contributed by atoms with Crippen molar-refractivity contribution in [2.45, 2.75) is 19.4 Å². The minimum Gasteiger partial charge on any atom is -0.846 e. The predicted molar refractivity (Wildman–Crippen MR) is 81.2 cm³/mol. The van der Waals surface area contributed by atoms with Crippen LogP contribution in [0.25, 0.3) is 0 Å². The van der Waals surface area contributed by atoms with Crippen LogP contribution in [0.15, 0.2) is 47.4 Å². The van der Waals surface area contributed by atoms with Gasteiger partial charge in [-0.3, -0.25) is 0 Å². The van der Waals surface area contributed by atoms with Gasteiger partial charge in [0, 0.05) is 26.1 Å². The molecule has 1 heterocycles. The zero-order chi connectivity index (χ0) is 14.5. The summed E-state index contributed by atoms with van der Waals surface area (Å²) < 4.78 is 0. The van der Waals surface area contributed by atoms with E-state index in [1.165, 1.54) is 10.5 Å². The molecule has 0 aromatic heterocycles. The van der Waals surface area contributed by atoms with Gasteiger partial charge in [-0.15, -0.1) is 12.4 Å². The highest BCUT2D eigenvalue weighted by Gasteiger charge is 2.24. The van der Waals surface area contributed by atoms with Crippen LogP contribution < -0.4 is 15.7 Å². The molecule has 1 aromatic rings. The van der Waals surface area contributed by atoms with E-state index in [0.29, 0.717) is 5.88 Å². The molecule has 0 aliphatic carbocycles. The maximum atomic E-state index is 11.5. The number of halogens is 1. The summed E-state index contributed by atoms with van der Waals surface area (Å²) in [5.74, 6) is 0.304. The average Bonchev–Trinajstić information content (AvgIpc) is 2.88. The van der Waals surface area contributed by atoms with Gasteiger partial charge in [0.1, 0.15) is 6.04 Å². The Morgan fingerprint density at radius 1 is 1.38 bits per heavy atom. The summed E-state index contributed by atoms with van der Waals surface area (Å²) in [6.45, 7) is 2.10. The first-order valence-corrected chi connectivity index (χ1v) is 6.54. The number of aliphatic imine (C=N–C) groups is 1. The quantitative estimate of drug-likeness (QED) is 0.578. The number of benzene rings is 1. The van der Waals surface area contributed by atoms with Crippen LogP contribution >= 0.6 is 12.4 Å². The van der Waals surface area contributed by atoms with Crippen molar-refractivity contribution in [3.05, 3.63) is 48.0 Å². The molecule has 0 amide bonds. The number of nitrogens with zero attached hydrogens (tertiary/aromatic N) is 2. The molecule has 2 rings (SSSR count). The molecule has 0 spiro atoms. The summed E-state index contributed by atoms with van der Waals surface area (Å²) in [4.78, 5) is 10.5. The average molecular weight is 313 g/mol. The second kappa shape index (κ2) is 7.87. The van der Waals surface area contributed by atoms with Crippen LogP contribution in [0.5, 0.6) is 0 Å². The van der Waals surface area contributed by atoms with Gasteiger partial charge in [-0.2, -0.15) is 5.01 Å². The molecule has 2 N–H and O–H groups in total. The molecular formula is C14H21ClN4O2. The van der Waals surface area contributed by atoms with E-state index in [2.05, 4.69) is 29.6 Å². The van der Waals surface area contributed by atoms with Crippen molar-refractivity contribution in [3.63, 3.8) is 0 Å². The second-order valence-corrected chi connectivity index (χ2v) is 5.02. The Labute approximate surface area is 131 Å². The van der Waals surface area contributed by atoms with Crippen molar-refractivity contribution in [2.75, 3.05) is 14.1 Å². The summed E-state index contributed by atoms with van der Waals surface area (Å²) in [5.41, 5.74) is 4.09. The SMILES string of the molecule is CC(Cc1ccccc1)[NH+]1C=C(/N=C(\[O-])N(C)C)ON1.Cl. The fraction of sp³-hybridized carbons (Fsp3) is 0.357. The Morgan fingerprint density at radius 2 is 2.05 bits per heavy atom. The fourth-order valence-corrected chi connectivity index (χ4v) is 1.87. The van der Waals surface area contributed by atoms with Crippen molar-refractivity contribution < 1.29 is 15.0 Å². The molecule has 1 aliphatic rings. The fourth-order valence-electron chi connectivity index (χ4n) is 1.87. The Kier molecular flexibility index (Phi) is 6.48. The van der Waals surface area contributed by atoms with E-state index in [-0.39, 0.29) is 24.5 Å². The molecule has 0 saturated heterocycles. The van der Waals surface area contributed by atoms with E-state index in [0.717, 1.165) is 11.4 Å². The normalized spacial score (nSPS) is 19.3. The molecule has 0 radical (unpaired) electrons. The lowest BCUT2D eigenvalue weighted by molar-refractivity contribution is -0.934. The van der Waals surface area contributed by atoms with E-state index in [9.17, 15) is 5.11 Å². The summed E-state index contributed by atoms with van der Waals surface area (Å²) in [6, 6.07) is 10.2. The van der Waals surface area contributed by atoms with Gasteiger partial charge in [0.2, 0.25) is 0 Å². The van der Waals surface area contributed by atoms with Crippen LogP contribution in [0, 0.1) is 0 Å². The Morgan fingerprint density at radius 3 is 2.67 bits per heavy atom. The zero-order valence-corrected chi connectivity index (χ0v) is 13.2. The van der Waals surface area contributed by atoms with Crippen LogP contribution in [0.2, 0.25) is 0 Å². The Bertz CT molecular complexity index is 505. The molecule has 21 heavy (non-hydrogen) atoms. The van der Waals surface area contributed by atoms with Gasteiger partial charge in [-0.05, 0) is 12.5 Å². The number of rotatable bonds is 4. The van der Waals surface area contributed by atoms with Crippen LogP contribution in [0.4, 0.5) is 0 Å². The molecular weight excluding hydrogens is 292 g/mol. The molecule has 7 heteroatoms. The molecule has 0 fully saturated rings. The molecule has 6 nitrogen and oxygen atoms in total. The number of quaternary nitrogens is 1. The predicted octanol–water partition coefficient (Wildman–Crippen LogP) is -0.549. The largest absolute Gasteiger partial charge is 0.846 e. The number of hydrogen-bond acceptors (Lipinski definition) is 4. The summed E-state index contributed by atoms with van der Waals surface area (Å²) in [6.07, 6.45) is 2.67. The third-order valence-electron chi connectivity index (χ3n) is 3.06. The summed E-state index contributed by atoms with van der Waals surface area (Å²) in [5, 5.41) is 12.4. The number of hydrogen-bond donors (Lipinski definition) is 2. The van der Waals surface area contributed by atoms with Gasteiger partial charge in [0.15, 0.2) is 6.20 Å². The first-order valence-electron chi connectivity index (χ1n) is 6.54. The lowest BCUT2D eigenvalue weighted by Crippen LogP contribution is -3.16.